The average molecular weight is 156 g/mol. The van der Waals surface area contributed by atoms with Crippen LogP contribution in [0.2, 0.25) is 0 Å². The molecule has 1 N–H and O–H groups in total. The fourth-order valence-corrected chi connectivity index (χ4v) is 0.753. The number of aromatic amines is 1. The second-order valence-corrected chi connectivity index (χ2v) is 2.14. The second-order valence-electron chi connectivity index (χ2n) is 2.14. The molecule has 0 aliphatic carbocycles. The van der Waals surface area contributed by atoms with Gasteiger partial charge in [0.15, 0.2) is 0 Å². The van der Waals surface area contributed by atoms with E-state index in [0.29, 0.717) is 0 Å². The number of hydrogen-bond donors (Lipinski definition) is 1. The molecule has 0 aliphatic heterocycles. The first-order valence-electron chi connectivity index (χ1n) is 3.05. The lowest BCUT2D eigenvalue weighted by Gasteiger charge is -2.08. The van der Waals surface area contributed by atoms with Gasteiger partial charge in [-0.25, -0.2) is 8.78 Å². The van der Waals surface area contributed by atoms with E-state index in [1.54, 1.807) is 0 Å². The Morgan fingerprint density at radius 3 is 2.82 bits per heavy atom. The Kier molecular flexibility index (Phi) is 1.90. The van der Waals surface area contributed by atoms with Crippen molar-refractivity contribution in [2.75, 3.05) is 0 Å². The van der Waals surface area contributed by atoms with Crippen LogP contribution in [-0.2, 0) is 5.92 Å². The van der Waals surface area contributed by atoms with E-state index >= 15 is 0 Å². The molecule has 0 saturated heterocycles. The molecule has 0 saturated carbocycles. The number of rotatable bonds is 2. The van der Waals surface area contributed by atoms with Crippen molar-refractivity contribution in [1.29, 1.82) is 5.26 Å². The average Bonchev–Trinajstić information content (AvgIpc) is 2.37. The number of halogens is 2. The third-order valence-corrected chi connectivity index (χ3v) is 1.32. The first kappa shape index (κ1) is 7.73. The molecule has 1 aromatic rings. The van der Waals surface area contributed by atoms with Crippen molar-refractivity contribution >= 4 is 0 Å². The van der Waals surface area contributed by atoms with Gasteiger partial charge in [-0.05, 0) is 6.07 Å². The summed E-state index contributed by atoms with van der Waals surface area (Å²) >= 11 is 0. The first-order chi connectivity index (χ1) is 5.17. The monoisotopic (exact) mass is 156 g/mol. The van der Waals surface area contributed by atoms with Crippen LogP contribution >= 0.6 is 0 Å². The normalized spacial score (nSPS) is 11.0. The van der Waals surface area contributed by atoms with Gasteiger partial charge in [0.2, 0.25) is 0 Å². The number of H-pyrrole nitrogens is 1. The fraction of sp³-hybridized carbons (Fsp3) is 0.286. The van der Waals surface area contributed by atoms with Crippen molar-refractivity contribution in [3.63, 3.8) is 0 Å². The summed E-state index contributed by atoms with van der Waals surface area (Å²) in [6.45, 7) is 0. The molecule has 0 atom stereocenters. The smallest absolute Gasteiger partial charge is 0.287 e. The minimum absolute atomic E-state index is 0.140. The number of hydrogen-bond acceptors (Lipinski definition) is 1. The molecule has 1 aromatic heterocycles. The van der Waals surface area contributed by atoms with Crippen molar-refractivity contribution in [1.82, 2.24) is 4.98 Å². The molecule has 0 spiro atoms. The highest BCUT2D eigenvalue weighted by Crippen LogP contribution is 2.30. The molecule has 1 rings (SSSR count). The van der Waals surface area contributed by atoms with Crippen LogP contribution in [0.25, 0.3) is 0 Å². The van der Waals surface area contributed by atoms with Crippen LogP contribution in [0.15, 0.2) is 18.5 Å². The molecule has 1 heterocycles. The molecule has 11 heavy (non-hydrogen) atoms. The predicted octanol–water partition coefficient (Wildman–Crippen LogP) is 2.02. The minimum Gasteiger partial charge on any atom is -0.367 e. The van der Waals surface area contributed by atoms with Gasteiger partial charge in [0.1, 0.15) is 6.42 Å². The first-order valence-corrected chi connectivity index (χ1v) is 3.05. The van der Waals surface area contributed by atoms with Crippen molar-refractivity contribution in [3.8, 4) is 6.07 Å². The van der Waals surface area contributed by atoms with Gasteiger partial charge in [-0.3, -0.25) is 0 Å². The molecule has 58 valence electrons. The van der Waals surface area contributed by atoms with Gasteiger partial charge in [-0.15, -0.1) is 0 Å². The summed E-state index contributed by atoms with van der Waals surface area (Å²) in [6.07, 6.45) is 1.82. The van der Waals surface area contributed by atoms with Gasteiger partial charge in [0.25, 0.3) is 5.92 Å². The van der Waals surface area contributed by atoms with Crippen molar-refractivity contribution < 1.29 is 8.78 Å². The van der Waals surface area contributed by atoms with Crippen LogP contribution in [0, 0.1) is 11.3 Å². The predicted molar refractivity (Wildman–Crippen MR) is 34.9 cm³/mol. The van der Waals surface area contributed by atoms with Crippen LogP contribution < -0.4 is 0 Å². The summed E-state index contributed by atoms with van der Waals surface area (Å²) in [5.41, 5.74) is -0.140. The molecular formula is C7H6F2N2. The lowest BCUT2D eigenvalue weighted by molar-refractivity contribution is 0.00110. The molecule has 2 nitrogen and oxygen atoms in total. The van der Waals surface area contributed by atoms with E-state index in [0.717, 1.165) is 0 Å². The molecular weight excluding hydrogens is 150 g/mol. The molecule has 4 heteroatoms. The van der Waals surface area contributed by atoms with E-state index in [1.165, 1.54) is 24.5 Å². The quantitative estimate of drug-likeness (QED) is 0.699. The molecule has 0 amide bonds. The number of alkyl halides is 2. The number of nitriles is 1. The molecule has 0 aromatic carbocycles. The molecule has 0 aliphatic rings. The van der Waals surface area contributed by atoms with Crippen LogP contribution in [-0.4, -0.2) is 4.98 Å². The number of aromatic nitrogens is 1. The Balaban J connectivity index is 2.83. The van der Waals surface area contributed by atoms with Crippen molar-refractivity contribution in [3.05, 3.63) is 24.0 Å². The zero-order valence-electron chi connectivity index (χ0n) is 5.64. The van der Waals surface area contributed by atoms with Gasteiger partial charge in [0.05, 0.1) is 6.07 Å². The van der Waals surface area contributed by atoms with Gasteiger partial charge in [-0.1, -0.05) is 0 Å². The highest BCUT2D eigenvalue weighted by atomic mass is 19.3. The SMILES string of the molecule is N#CCC(F)(F)c1cc[nH]c1. The van der Waals surface area contributed by atoms with Crippen molar-refractivity contribution in [2.24, 2.45) is 0 Å². The van der Waals surface area contributed by atoms with Gasteiger partial charge >= 0.3 is 0 Å². The van der Waals surface area contributed by atoms with Gasteiger partial charge in [-0.2, -0.15) is 5.26 Å². The van der Waals surface area contributed by atoms with E-state index < -0.39 is 12.3 Å². The fourth-order valence-electron chi connectivity index (χ4n) is 0.753. The summed E-state index contributed by atoms with van der Waals surface area (Å²) in [7, 11) is 0. The van der Waals surface area contributed by atoms with Gasteiger partial charge < -0.3 is 4.98 Å². The third-order valence-electron chi connectivity index (χ3n) is 1.32. The lowest BCUT2D eigenvalue weighted by atomic mass is 10.1. The molecule has 0 bridgehead atoms. The third kappa shape index (κ3) is 1.55. The number of nitrogens with one attached hydrogen (secondary N) is 1. The summed E-state index contributed by atoms with van der Waals surface area (Å²) in [5.74, 6) is -3.02. The van der Waals surface area contributed by atoms with E-state index in [1.807, 2.05) is 0 Å². The summed E-state index contributed by atoms with van der Waals surface area (Å²) in [6, 6.07) is 2.69. The maximum atomic E-state index is 12.7. The molecule has 0 radical (unpaired) electrons. The maximum absolute atomic E-state index is 12.7. The minimum atomic E-state index is -3.02. The summed E-state index contributed by atoms with van der Waals surface area (Å²) in [4.78, 5) is 2.50. The van der Waals surface area contributed by atoms with E-state index in [-0.39, 0.29) is 5.56 Å². The Hall–Kier alpha value is -1.37. The standard InChI is InChI=1S/C7H6F2N2/c8-7(9,2-3-10)6-1-4-11-5-6/h1,4-5,11H,2H2. The largest absolute Gasteiger partial charge is 0.367 e. The second kappa shape index (κ2) is 2.70. The Bertz CT molecular complexity index is 258. The summed E-state index contributed by atoms with van der Waals surface area (Å²) in [5, 5.41) is 8.06. The van der Waals surface area contributed by atoms with E-state index in [4.69, 9.17) is 5.26 Å². The van der Waals surface area contributed by atoms with Crippen LogP contribution in [0.1, 0.15) is 12.0 Å². The van der Waals surface area contributed by atoms with Crippen LogP contribution in [0.3, 0.4) is 0 Å². The van der Waals surface area contributed by atoms with Gasteiger partial charge in [0, 0.05) is 18.0 Å². The van der Waals surface area contributed by atoms with E-state index in [2.05, 4.69) is 4.98 Å². The van der Waals surface area contributed by atoms with Crippen molar-refractivity contribution in [2.45, 2.75) is 12.3 Å². The number of nitrogens with zero attached hydrogens (tertiary/aromatic N) is 1. The Labute approximate surface area is 62.5 Å². The molecule has 0 unspecified atom stereocenters. The van der Waals surface area contributed by atoms with E-state index in [9.17, 15) is 8.78 Å². The highest BCUT2D eigenvalue weighted by molar-refractivity contribution is 5.16. The Morgan fingerprint density at radius 2 is 2.36 bits per heavy atom. The maximum Gasteiger partial charge on any atom is 0.287 e. The molecule has 0 fully saturated rings. The zero-order valence-corrected chi connectivity index (χ0v) is 5.64. The lowest BCUT2D eigenvalue weighted by Crippen LogP contribution is -2.10. The van der Waals surface area contributed by atoms with Crippen LogP contribution in [0.5, 0.6) is 0 Å². The zero-order chi connectivity index (χ0) is 8.32. The highest BCUT2D eigenvalue weighted by Gasteiger charge is 2.31. The Morgan fingerprint density at radius 1 is 1.64 bits per heavy atom. The summed E-state index contributed by atoms with van der Waals surface area (Å²) < 4.78 is 25.5. The van der Waals surface area contributed by atoms with Crippen LogP contribution in [0.4, 0.5) is 8.78 Å². The topological polar surface area (TPSA) is 39.6 Å².